The predicted molar refractivity (Wildman–Crippen MR) is 58.2 cm³/mol. The number of carboxylic acids is 1. The molecule has 0 spiro atoms. The highest BCUT2D eigenvalue weighted by molar-refractivity contribution is 5.89. The molecule has 0 fully saturated rings. The fourth-order valence-electron chi connectivity index (χ4n) is 1.15. The second kappa shape index (κ2) is 4.00. The van der Waals surface area contributed by atoms with Gasteiger partial charge >= 0.3 is 5.97 Å². The van der Waals surface area contributed by atoms with E-state index in [2.05, 4.69) is 0 Å². The van der Waals surface area contributed by atoms with Crippen molar-refractivity contribution in [3.63, 3.8) is 0 Å². The molecule has 0 aliphatic rings. The molecular weight excluding hydrogens is 213 g/mol. The van der Waals surface area contributed by atoms with E-state index in [1.807, 2.05) is 0 Å². The number of aromatic carboxylic acids is 1. The number of nitrogen functional groups attached to an aromatic ring is 1. The van der Waals surface area contributed by atoms with Gasteiger partial charge in [0.15, 0.2) is 0 Å². The molecule has 1 aromatic carbocycles. The molecule has 0 amide bonds. The van der Waals surface area contributed by atoms with E-state index in [4.69, 9.17) is 15.6 Å². The highest BCUT2D eigenvalue weighted by Crippen LogP contribution is 2.28. The third kappa shape index (κ3) is 2.85. The number of carbonyl (C=O) groups is 1. The van der Waals surface area contributed by atoms with Crippen molar-refractivity contribution < 1.29 is 19.0 Å². The molecule has 0 atom stereocenters. The molecule has 0 aliphatic carbocycles. The molecular formula is C11H14FNO3. The summed E-state index contributed by atoms with van der Waals surface area (Å²) in [6, 6.07) is 2.04. The van der Waals surface area contributed by atoms with Crippen LogP contribution in [0.2, 0.25) is 0 Å². The van der Waals surface area contributed by atoms with Gasteiger partial charge in [-0.1, -0.05) is 0 Å². The second-order valence-corrected chi connectivity index (χ2v) is 4.39. The van der Waals surface area contributed by atoms with Gasteiger partial charge in [0.05, 0.1) is 11.3 Å². The van der Waals surface area contributed by atoms with E-state index < -0.39 is 23.0 Å². The normalized spacial score (nSPS) is 11.2. The first-order valence-corrected chi connectivity index (χ1v) is 4.72. The molecule has 88 valence electrons. The number of carboxylic acid groups (broad SMARTS) is 1. The van der Waals surface area contributed by atoms with Gasteiger partial charge in [-0.05, 0) is 26.8 Å². The summed E-state index contributed by atoms with van der Waals surface area (Å²) in [6.45, 7) is 5.36. The van der Waals surface area contributed by atoms with Gasteiger partial charge in [0.1, 0.15) is 17.2 Å². The molecule has 0 aromatic heterocycles. The number of anilines is 1. The van der Waals surface area contributed by atoms with Crippen LogP contribution >= 0.6 is 0 Å². The summed E-state index contributed by atoms with van der Waals surface area (Å²) in [5.74, 6) is -2.07. The smallest absolute Gasteiger partial charge is 0.338 e. The monoisotopic (exact) mass is 227 g/mol. The number of benzene rings is 1. The van der Waals surface area contributed by atoms with Gasteiger partial charge in [-0.2, -0.15) is 0 Å². The average Bonchev–Trinajstić information content (AvgIpc) is 2.07. The summed E-state index contributed by atoms with van der Waals surface area (Å²) in [7, 11) is 0. The van der Waals surface area contributed by atoms with Crippen molar-refractivity contribution >= 4 is 11.7 Å². The topological polar surface area (TPSA) is 72.5 Å². The van der Waals surface area contributed by atoms with Gasteiger partial charge in [0.2, 0.25) is 0 Å². The van der Waals surface area contributed by atoms with Crippen LogP contribution in [0, 0.1) is 5.82 Å². The van der Waals surface area contributed by atoms with Crippen molar-refractivity contribution in [1.29, 1.82) is 0 Å². The second-order valence-electron chi connectivity index (χ2n) is 4.39. The Morgan fingerprint density at radius 3 is 2.44 bits per heavy atom. The van der Waals surface area contributed by atoms with Crippen LogP contribution in [0.15, 0.2) is 12.1 Å². The van der Waals surface area contributed by atoms with Crippen LogP contribution in [0.1, 0.15) is 31.1 Å². The van der Waals surface area contributed by atoms with Gasteiger partial charge in [-0.25, -0.2) is 9.18 Å². The maximum Gasteiger partial charge on any atom is 0.338 e. The number of halogens is 1. The summed E-state index contributed by atoms with van der Waals surface area (Å²) in [4.78, 5) is 10.6. The molecule has 4 nitrogen and oxygen atoms in total. The molecule has 1 aromatic rings. The van der Waals surface area contributed by atoms with Gasteiger partial charge in [0.25, 0.3) is 0 Å². The molecule has 0 aliphatic heterocycles. The Labute approximate surface area is 92.8 Å². The summed E-state index contributed by atoms with van der Waals surface area (Å²) < 4.78 is 18.7. The van der Waals surface area contributed by atoms with Crippen LogP contribution in [0.4, 0.5) is 10.1 Å². The number of hydrogen-bond donors (Lipinski definition) is 2. The first kappa shape index (κ1) is 12.3. The van der Waals surface area contributed by atoms with Crippen molar-refractivity contribution in [2.45, 2.75) is 26.4 Å². The van der Waals surface area contributed by atoms with E-state index in [1.165, 1.54) is 0 Å². The highest BCUT2D eigenvalue weighted by atomic mass is 19.1. The Morgan fingerprint density at radius 1 is 1.44 bits per heavy atom. The van der Waals surface area contributed by atoms with Crippen molar-refractivity contribution in [3.05, 3.63) is 23.5 Å². The lowest BCUT2D eigenvalue weighted by atomic mass is 10.1. The lowest BCUT2D eigenvalue weighted by Crippen LogP contribution is -2.23. The quantitative estimate of drug-likeness (QED) is 0.760. The minimum atomic E-state index is -1.36. The molecule has 0 unspecified atom stereocenters. The number of nitrogens with two attached hydrogens (primary N) is 1. The van der Waals surface area contributed by atoms with E-state index in [0.29, 0.717) is 0 Å². The molecule has 3 N–H and O–H groups in total. The van der Waals surface area contributed by atoms with E-state index in [9.17, 15) is 9.18 Å². The molecule has 0 bridgehead atoms. The Hall–Kier alpha value is -1.78. The Balaban J connectivity index is 3.16. The fraction of sp³-hybridized carbons (Fsp3) is 0.364. The van der Waals surface area contributed by atoms with Crippen molar-refractivity contribution in [1.82, 2.24) is 0 Å². The molecule has 1 rings (SSSR count). The molecule has 5 heteroatoms. The zero-order valence-electron chi connectivity index (χ0n) is 9.37. The number of hydrogen-bond acceptors (Lipinski definition) is 3. The first-order chi connectivity index (χ1) is 7.20. The van der Waals surface area contributed by atoms with Crippen LogP contribution in [-0.2, 0) is 0 Å². The van der Waals surface area contributed by atoms with Crippen molar-refractivity contribution in [3.8, 4) is 5.75 Å². The van der Waals surface area contributed by atoms with Crippen LogP contribution in [0.3, 0.4) is 0 Å². The number of rotatable bonds is 2. The summed E-state index contributed by atoms with van der Waals surface area (Å²) in [5, 5.41) is 8.68. The first-order valence-electron chi connectivity index (χ1n) is 4.72. The van der Waals surface area contributed by atoms with Gasteiger partial charge in [0, 0.05) is 6.07 Å². The van der Waals surface area contributed by atoms with Gasteiger partial charge in [-0.15, -0.1) is 0 Å². The Kier molecular flexibility index (Phi) is 3.07. The highest BCUT2D eigenvalue weighted by Gasteiger charge is 2.18. The lowest BCUT2D eigenvalue weighted by Gasteiger charge is -2.22. The standard InChI is InChI=1S/C11H14FNO3/c1-11(2,3)16-9-5-7(12)6(10(14)15)4-8(9)13/h4-5H,13H2,1-3H3,(H,14,15). The van der Waals surface area contributed by atoms with Crippen LogP contribution < -0.4 is 10.5 Å². The van der Waals surface area contributed by atoms with Crippen LogP contribution in [-0.4, -0.2) is 16.7 Å². The minimum Gasteiger partial charge on any atom is -0.486 e. The largest absolute Gasteiger partial charge is 0.486 e. The summed E-state index contributed by atoms with van der Waals surface area (Å²) >= 11 is 0. The van der Waals surface area contributed by atoms with Crippen LogP contribution in [0.5, 0.6) is 5.75 Å². The fourth-order valence-corrected chi connectivity index (χ4v) is 1.15. The van der Waals surface area contributed by atoms with Crippen molar-refractivity contribution in [2.24, 2.45) is 0 Å². The van der Waals surface area contributed by atoms with Crippen LogP contribution in [0.25, 0.3) is 0 Å². The Morgan fingerprint density at radius 2 is 2.00 bits per heavy atom. The van der Waals surface area contributed by atoms with Gasteiger partial charge < -0.3 is 15.6 Å². The van der Waals surface area contributed by atoms with E-state index >= 15 is 0 Å². The maximum absolute atomic E-state index is 13.3. The predicted octanol–water partition coefficient (Wildman–Crippen LogP) is 2.28. The molecule has 0 radical (unpaired) electrons. The van der Waals surface area contributed by atoms with Crippen molar-refractivity contribution in [2.75, 3.05) is 5.73 Å². The molecule has 0 heterocycles. The zero-order valence-corrected chi connectivity index (χ0v) is 9.37. The lowest BCUT2D eigenvalue weighted by molar-refractivity contribution is 0.0692. The van der Waals surface area contributed by atoms with Gasteiger partial charge in [-0.3, -0.25) is 0 Å². The van der Waals surface area contributed by atoms with E-state index in [1.54, 1.807) is 20.8 Å². The molecule has 16 heavy (non-hydrogen) atoms. The maximum atomic E-state index is 13.3. The Bertz CT molecular complexity index is 424. The zero-order chi connectivity index (χ0) is 12.5. The summed E-state index contributed by atoms with van der Waals surface area (Å²) in [6.07, 6.45) is 0. The van der Waals surface area contributed by atoms with E-state index in [0.717, 1.165) is 12.1 Å². The SMILES string of the molecule is CC(C)(C)Oc1cc(F)c(C(=O)O)cc1N. The average molecular weight is 227 g/mol. The molecule has 0 saturated carbocycles. The summed E-state index contributed by atoms with van der Waals surface area (Å²) in [5.41, 5.74) is 4.70. The van der Waals surface area contributed by atoms with E-state index in [-0.39, 0.29) is 11.4 Å². The number of ether oxygens (including phenoxy) is 1. The minimum absolute atomic E-state index is 0.105. The third-order valence-corrected chi connectivity index (χ3v) is 1.75. The molecule has 0 saturated heterocycles. The third-order valence-electron chi connectivity index (χ3n) is 1.75.